The summed E-state index contributed by atoms with van der Waals surface area (Å²) in [5.41, 5.74) is 5.59. The van der Waals surface area contributed by atoms with Gasteiger partial charge < -0.3 is 5.11 Å². The van der Waals surface area contributed by atoms with Gasteiger partial charge in [-0.25, -0.2) is 15.1 Å². The summed E-state index contributed by atoms with van der Waals surface area (Å²) in [5, 5.41) is 13.9. The number of rotatable bonds is 7. The number of hydrogen-bond donors (Lipinski definition) is 2. The van der Waals surface area contributed by atoms with Gasteiger partial charge in [-0.2, -0.15) is 5.10 Å². The monoisotopic (exact) mass is 390 g/mol. The molecule has 0 fully saturated rings. The molecular formula is C20H18N6O3. The molecule has 0 spiro atoms. The van der Waals surface area contributed by atoms with Crippen LogP contribution in [0.1, 0.15) is 15.9 Å². The number of carbonyl (C=O) groups is 1. The number of pyridine rings is 3. The van der Waals surface area contributed by atoms with Crippen molar-refractivity contribution < 1.29 is 14.7 Å². The van der Waals surface area contributed by atoms with Gasteiger partial charge in [0, 0.05) is 30.4 Å². The second-order valence-corrected chi connectivity index (χ2v) is 6.20. The molecule has 0 saturated heterocycles. The first-order valence-electron chi connectivity index (χ1n) is 8.95. The number of nitrogens with zero attached hydrogens (tertiary/aromatic N) is 5. The van der Waals surface area contributed by atoms with Gasteiger partial charge in [-0.05, 0) is 29.8 Å². The van der Waals surface area contributed by atoms with Crippen molar-refractivity contribution in [2.24, 2.45) is 0 Å². The maximum Gasteiger partial charge on any atom is 0.275 e. The van der Waals surface area contributed by atoms with E-state index < -0.39 is 5.91 Å². The lowest BCUT2D eigenvalue weighted by atomic mass is 10.1. The molecule has 9 heteroatoms. The highest BCUT2D eigenvalue weighted by Gasteiger charge is 2.18. The van der Waals surface area contributed by atoms with Gasteiger partial charge in [-0.3, -0.25) is 19.6 Å². The first-order chi connectivity index (χ1) is 14.3. The van der Waals surface area contributed by atoms with Crippen molar-refractivity contribution in [2.45, 2.75) is 6.54 Å². The number of nitrogens with one attached hydrogen (secondary N) is 1. The Morgan fingerprint density at radius 2 is 1.97 bits per heavy atom. The van der Waals surface area contributed by atoms with Crippen LogP contribution in [0.3, 0.4) is 0 Å². The lowest BCUT2D eigenvalue weighted by Crippen LogP contribution is -2.25. The predicted molar refractivity (Wildman–Crippen MR) is 105 cm³/mol. The van der Waals surface area contributed by atoms with Crippen LogP contribution in [0.15, 0.2) is 61.3 Å². The first kappa shape index (κ1) is 18.7. The highest BCUT2D eigenvalue weighted by Crippen LogP contribution is 2.25. The maximum atomic E-state index is 12.7. The summed E-state index contributed by atoms with van der Waals surface area (Å²) in [4.78, 5) is 30.6. The van der Waals surface area contributed by atoms with E-state index in [1.807, 2.05) is 18.2 Å². The van der Waals surface area contributed by atoms with E-state index in [2.05, 4.69) is 20.5 Å². The zero-order valence-electron chi connectivity index (χ0n) is 15.4. The molecule has 2 N–H and O–H groups in total. The molecule has 146 valence electrons. The Hall–Kier alpha value is -3.69. The molecule has 4 aromatic rings. The molecule has 0 atom stereocenters. The Morgan fingerprint density at radius 1 is 1.14 bits per heavy atom. The quantitative estimate of drug-likeness (QED) is 0.364. The molecule has 4 rings (SSSR count). The van der Waals surface area contributed by atoms with Gasteiger partial charge in [0.05, 0.1) is 42.6 Å². The minimum atomic E-state index is -0.447. The molecular weight excluding hydrogens is 372 g/mol. The van der Waals surface area contributed by atoms with Gasteiger partial charge in [-0.1, -0.05) is 6.07 Å². The van der Waals surface area contributed by atoms with Crippen LogP contribution in [0, 0.1) is 0 Å². The van der Waals surface area contributed by atoms with Crippen molar-refractivity contribution in [1.82, 2.24) is 30.2 Å². The average Bonchev–Trinajstić information content (AvgIpc) is 3.17. The van der Waals surface area contributed by atoms with Crippen LogP contribution in [0.2, 0.25) is 0 Å². The van der Waals surface area contributed by atoms with Crippen molar-refractivity contribution in [3.8, 4) is 11.3 Å². The van der Waals surface area contributed by atoms with E-state index in [0.29, 0.717) is 28.8 Å². The first-order valence-corrected chi connectivity index (χ1v) is 8.95. The van der Waals surface area contributed by atoms with E-state index >= 15 is 0 Å². The molecule has 9 nitrogen and oxygen atoms in total. The largest absolute Gasteiger partial charge is 0.394 e. The summed E-state index contributed by atoms with van der Waals surface area (Å²) in [7, 11) is 0. The van der Waals surface area contributed by atoms with Crippen molar-refractivity contribution >= 4 is 16.9 Å². The van der Waals surface area contributed by atoms with Crippen molar-refractivity contribution in [2.75, 3.05) is 13.2 Å². The van der Waals surface area contributed by atoms with Gasteiger partial charge >= 0.3 is 0 Å². The molecule has 4 heterocycles. The van der Waals surface area contributed by atoms with Crippen LogP contribution in [0.5, 0.6) is 0 Å². The van der Waals surface area contributed by atoms with E-state index in [1.54, 1.807) is 47.8 Å². The van der Waals surface area contributed by atoms with E-state index in [1.165, 1.54) is 0 Å². The molecule has 0 radical (unpaired) electrons. The van der Waals surface area contributed by atoms with Crippen LogP contribution in [-0.4, -0.2) is 49.0 Å². The minimum Gasteiger partial charge on any atom is -0.394 e. The fraction of sp³-hybridized carbons (Fsp3) is 0.150. The Labute approximate surface area is 166 Å². The Bertz CT molecular complexity index is 1120. The van der Waals surface area contributed by atoms with E-state index in [-0.39, 0.29) is 13.2 Å². The summed E-state index contributed by atoms with van der Waals surface area (Å²) < 4.78 is 1.72. The highest BCUT2D eigenvalue weighted by atomic mass is 16.7. The molecule has 0 saturated carbocycles. The van der Waals surface area contributed by atoms with E-state index in [4.69, 9.17) is 14.9 Å². The van der Waals surface area contributed by atoms with Gasteiger partial charge in [0.2, 0.25) is 0 Å². The van der Waals surface area contributed by atoms with Crippen molar-refractivity contribution in [3.63, 3.8) is 0 Å². The molecule has 0 aromatic carbocycles. The molecule has 29 heavy (non-hydrogen) atoms. The zero-order chi connectivity index (χ0) is 20.1. The molecule has 1 amide bonds. The normalized spacial score (nSPS) is 10.9. The summed E-state index contributed by atoms with van der Waals surface area (Å²) in [6, 6.07) is 9.15. The fourth-order valence-electron chi connectivity index (χ4n) is 2.90. The number of aliphatic hydroxyl groups is 1. The van der Waals surface area contributed by atoms with Crippen LogP contribution < -0.4 is 5.48 Å². The third kappa shape index (κ3) is 4.10. The topological polar surface area (TPSA) is 115 Å². The summed E-state index contributed by atoms with van der Waals surface area (Å²) in [5.74, 6) is -0.447. The molecule has 0 aliphatic heterocycles. The zero-order valence-corrected chi connectivity index (χ0v) is 15.4. The number of fused-ring (bicyclic) bond motifs is 1. The second kappa shape index (κ2) is 8.55. The van der Waals surface area contributed by atoms with Crippen LogP contribution in [0.4, 0.5) is 0 Å². The number of hydrogen-bond acceptors (Lipinski definition) is 7. The van der Waals surface area contributed by atoms with Gasteiger partial charge in [0.15, 0.2) is 5.65 Å². The highest BCUT2D eigenvalue weighted by molar-refractivity contribution is 6.06. The molecule has 0 aliphatic rings. The van der Waals surface area contributed by atoms with E-state index in [0.717, 1.165) is 11.1 Å². The smallest absolute Gasteiger partial charge is 0.275 e. The van der Waals surface area contributed by atoms with Crippen molar-refractivity contribution in [3.05, 3.63) is 72.4 Å². The number of hydroxylamine groups is 1. The Kier molecular flexibility index (Phi) is 5.50. The van der Waals surface area contributed by atoms with Gasteiger partial charge in [0.25, 0.3) is 5.91 Å². The van der Waals surface area contributed by atoms with Crippen LogP contribution in [-0.2, 0) is 11.4 Å². The number of carbonyl (C=O) groups excluding carboxylic acids is 1. The van der Waals surface area contributed by atoms with Crippen LogP contribution in [0.25, 0.3) is 22.3 Å². The van der Waals surface area contributed by atoms with Crippen molar-refractivity contribution in [1.29, 1.82) is 0 Å². The summed E-state index contributed by atoms with van der Waals surface area (Å²) in [6.45, 7) is 0.259. The lowest BCUT2D eigenvalue weighted by molar-refractivity contribution is 0.0169. The second-order valence-electron chi connectivity index (χ2n) is 6.20. The standard InChI is InChI=1S/C20H18N6O3/c27-7-8-29-25-20(28)16-9-18(15-4-2-6-22-11-15)24-19-17(16)12-23-26(19)13-14-3-1-5-21-10-14/h1-6,9-12,27H,7-8,13H2,(H,25,28). The maximum absolute atomic E-state index is 12.7. The third-order valence-corrected chi connectivity index (χ3v) is 4.22. The molecule has 0 unspecified atom stereocenters. The SMILES string of the molecule is O=C(NOCCO)c1cc(-c2cccnc2)nc2c1cnn2Cc1cccnc1. The lowest BCUT2D eigenvalue weighted by Gasteiger charge is -2.09. The van der Waals surface area contributed by atoms with Gasteiger partial charge in [-0.15, -0.1) is 0 Å². The van der Waals surface area contributed by atoms with Crippen LogP contribution >= 0.6 is 0 Å². The van der Waals surface area contributed by atoms with E-state index in [9.17, 15) is 4.79 Å². The summed E-state index contributed by atoms with van der Waals surface area (Å²) >= 11 is 0. The molecule has 0 bridgehead atoms. The Morgan fingerprint density at radius 3 is 2.69 bits per heavy atom. The number of aliphatic hydroxyl groups excluding tert-OH is 1. The molecule has 0 aliphatic carbocycles. The Balaban J connectivity index is 1.79. The third-order valence-electron chi connectivity index (χ3n) is 4.22. The van der Waals surface area contributed by atoms with Gasteiger partial charge in [0.1, 0.15) is 0 Å². The minimum absolute atomic E-state index is 0.00427. The number of aromatic nitrogens is 5. The summed E-state index contributed by atoms with van der Waals surface area (Å²) in [6.07, 6.45) is 8.42. The predicted octanol–water partition coefficient (Wildman–Crippen LogP) is 1.59. The fourth-order valence-corrected chi connectivity index (χ4v) is 2.90. The molecule has 4 aromatic heterocycles. The average molecular weight is 390 g/mol. The number of amides is 1.